The van der Waals surface area contributed by atoms with E-state index in [1.54, 1.807) is 6.07 Å². The minimum Gasteiger partial charge on any atom is -0.396 e. The lowest BCUT2D eigenvalue weighted by Crippen LogP contribution is -2.38. The van der Waals surface area contributed by atoms with E-state index in [9.17, 15) is 9.90 Å². The van der Waals surface area contributed by atoms with E-state index < -0.39 is 0 Å². The number of hydrogen-bond donors (Lipinski definition) is 3. The Balaban J connectivity index is 1.55. The maximum atomic E-state index is 12.8. The molecule has 1 aliphatic carbocycles. The lowest BCUT2D eigenvalue weighted by atomic mass is 9.93. The van der Waals surface area contributed by atoms with Crippen LogP contribution >= 0.6 is 34.5 Å². The molecule has 3 N–H and O–H groups in total. The Morgan fingerprint density at radius 2 is 2.15 bits per heavy atom. The second-order valence-electron chi connectivity index (χ2n) is 6.57. The maximum absolute atomic E-state index is 12.8. The standard InChI is InChI=1S/C19H18Cl2N2O2S/c20-16-17-15(26-18(16)21)9-14(22-17)19(25)23-13-8-10-4-1-2-5-11(10)12(13)6-3-7-24/h1-2,4-5,9,12-13,22,24H,3,6-8H2,(H,23,25)/t12-,13?/m1/s1. The predicted molar refractivity (Wildman–Crippen MR) is 107 cm³/mol. The zero-order valence-corrected chi connectivity index (χ0v) is 16.2. The van der Waals surface area contributed by atoms with Gasteiger partial charge in [-0.25, -0.2) is 0 Å². The average molecular weight is 409 g/mol. The van der Waals surface area contributed by atoms with E-state index in [2.05, 4.69) is 22.4 Å². The molecular formula is C19H18Cl2N2O2S. The van der Waals surface area contributed by atoms with Gasteiger partial charge in [0.15, 0.2) is 0 Å². The Morgan fingerprint density at radius 1 is 1.35 bits per heavy atom. The van der Waals surface area contributed by atoms with E-state index in [-0.39, 0.29) is 24.5 Å². The van der Waals surface area contributed by atoms with Crippen molar-refractivity contribution in [2.45, 2.75) is 31.2 Å². The molecule has 0 fully saturated rings. The summed E-state index contributed by atoms with van der Waals surface area (Å²) in [7, 11) is 0. The molecule has 1 unspecified atom stereocenters. The highest BCUT2D eigenvalue weighted by atomic mass is 35.5. The summed E-state index contributed by atoms with van der Waals surface area (Å²) in [6.07, 6.45) is 2.37. The first-order chi connectivity index (χ1) is 12.6. The van der Waals surface area contributed by atoms with Crippen LogP contribution in [0, 0.1) is 0 Å². The van der Waals surface area contributed by atoms with Gasteiger partial charge in [-0.15, -0.1) is 11.3 Å². The van der Waals surface area contributed by atoms with Gasteiger partial charge >= 0.3 is 0 Å². The molecule has 7 heteroatoms. The zero-order chi connectivity index (χ0) is 18.3. The van der Waals surface area contributed by atoms with Crippen molar-refractivity contribution in [3.8, 4) is 0 Å². The summed E-state index contributed by atoms with van der Waals surface area (Å²) in [6, 6.07) is 10.1. The number of H-pyrrole nitrogens is 1. The number of halogens is 2. The van der Waals surface area contributed by atoms with E-state index in [4.69, 9.17) is 23.2 Å². The third-order valence-electron chi connectivity index (χ3n) is 4.99. The molecule has 2 atom stereocenters. The van der Waals surface area contributed by atoms with Crippen LogP contribution in [-0.2, 0) is 6.42 Å². The third-order valence-corrected chi connectivity index (χ3v) is 6.92. The number of rotatable bonds is 5. The summed E-state index contributed by atoms with van der Waals surface area (Å²) in [5.41, 5.74) is 3.73. The average Bonchev–Trinajstić information content (AvgIpc) is 3.27. The molecule has 0 bridgehead atoms. The summed E-state index contributed by atoms with van der Waals surface area (Å²) < 4.78 is 1.40. The van der Waals surface area contributed by atoms with Crippen molar-refractivity contribution < 1.29 is 9.90 Å². The Hall–Kier alpha value is -1.53. The monoisotopic (exact) mass is 408 g/mol. The molecule has 3 aromatic rings. The number of benzene rings is 1. The molecule has 4 rings (SSSR count). The first-order valence-electron chi connectivity index (χ1n) is 8.54. The van der Waals surface area contributed by atoms with Gasteiger partial charge in [0, 0.05) is 18.6 Å². The Bertz CT molecular complexity index is 966. The van der Waals surface area contributed by atoms with Gasteiger partial charge in [0.2, 0.25) is 0 Å². The van der Waals surface area contributed by atoms with Crippen LogP contribution in [0.4, 0.5) is 0 Å². The summed E-state index contributed by atoms with van der Waals surface area (Å²) in [6.45, 7) is 0.158. The molecule has 2 aromatic heterocycles. The third kappa shape index (κ3) is 3.14. The van der Waals surface area contributed by atoms with Gasteiger partial charge in [0.25, 0.3) is 5.91 Å². The number of amides is 1. The largest absolute Gasteiger partial charge is 0.396 e. The molecule has 0 aliphatic heterocycles. The smallest absolute Gasteiger partial charge is 0.268 e. The normalized spacial score (nSPS) is 19.0. The lowest BCUT2D eigenvalue weighted by molar-refractivity contribution is 0.0927. The number of aliphatic hydroxyl groups is 1. The predicted octanol–water partition coefficient (Wildman–Crippen LogP) is 4.75. The van der Waals surface area contributed by atoms with E-state index in [1.807, 2.05) is 12.1 Å². The SMILES string of the molecule is O=C(NC1Cc2ccccc2[C@H]1CCCO)c1cc2sc(Cl)c(Cl)c2[nH]1. The molecule has 0 spiro atoms. The second kappa shape index (κ2) is 7.24. The van der Waals surface area contributed by atoms with Gasteiger partial charge in [0.1, 0.15) is 10.0 Å². The van der Waals surface area contributed by atoms with Crippen LogP contribution in [0.3, 0.4) is 0 Å². The molecule has 4 nitrogen and oxygen atoms in total. The number of carbonyl (C=O) groups is 1. The zero-order valence-electron chi connectivity index (χ0n) is 13.9. The first-order valence-corrected chi connectivity index (χ1v) is 10.1. The van der Waals surface area contributed by atoms with Gasteiger partial charge in [-0.3, -0.25) is 4.79 Å². The van der Waals surface area contributed by atoms with Gasteiger partial charge in [0.05, 0.1) is 15.2 Å². The fourth-order valence-electron chi connectivity index (χ4n) is 3.78. The number of thiophene rings is 1. The van der Waals surface area contributed by atoms with Crippen LogP contribution in [0.2, 0.25) is 9.36 Å². The maximum Gasteiger partial charge on any atom is 0.268 e. The van der Waals surface area contributed by atoms with E-state index >= 15 is 0 Å². The van der Waals surface area contributed by atoms with Gasteiger partial charge in [-0.05, 0) is 36.5 Å². The number of fused-ring (bicyclic) bond motifs is 2. The van der Waals surface area contributed by atoms with Crippen molar-refractivity contribution in [3.05, 3.63) is 56.5 Å². The molecule has 26 heavy (non-hydrogen) atoms. The number of carbonyl (C=O) groups excluding carboxylic acids is 1. The molecular weight excluding hydrogens is 391 g/mol. The molecule has 1 aromatic carbocycles. The van der Waals surface area contributed by atoms with Gasteiger partial charge in [-0.1, -0.05) is 47.5 Å². The van der Waals surface area contributed by atoms with E-state index in [0.29, 0.717) is 20.6 Å². The van der Waals surface area contributed by atoms with Crippen LogP contribution in [0.5, 0.6) is 0 Å². The van der Waals surface area contributed by atoms with Crippen molar-refractivity contribution in [3.63, 3.8) is 0 Å². The fourth-order valence-corrected chi connectivity index (χ4v) is 5.27. The van der Waals surface area contributed by atoms with Crippen LogP contribution in [0.15, 0.2) is 30.3 Å². The summed E-state index contributed by atoms with van der Waals surface area (Å²) in [4.78, 5) is 15.9. The van der Waals surface area contributed by atoms with Crippen LogP contribution < -0.4 is 5.32 Å². The van der Waals surface area contributed by atoms with Crippen molar-refractivity contribution >= 4 is 50.7 Å². The second-order valence-corrected chi connectivity index (χ2v) is 8.60. The van der Waals surface area contributed by atoms with Crippen LogP contribution in [-0.4, -0.2) is 28.6 Å². The number of aliphatic hydroxyl groups excluding tert-OH is 1. The van der Waals surface area contributed by atoms with Crippen molar-refractivity contribution in [2.75, 3.05) is 6.61 Å². The van der Waals surface area contributed by atoms with Crippen LogP contribution in [0.1, 0.15) is 40.4 Å². The number of aromatic nitrogens is 1. The number of aromatic amines is 1. The van der Waals surface area contributed by atoms with Crippen molar-refractivity contribution in [1.29, 1.82) is 0 Å². The molecule has 1 aliphatic rings. The molecule has 0 radical (unpaired) electrons. The molecule has 0 saturated heterocycles. The molecule has 2 heterocycles. The summed E-state index contributed by atoms with van der Waals surface area (Å²) in [5.74, 6) is 0.0730. The Labute approximate surface area is 165 Å². The molecule has 0 saturated carbocycles. The molecule has 136 valence electrons. The fraction of sp³-hybridized carbons (Fsp3) is 0.316. The highest BCUT2D eigenvalue weighted by molar-refractivity contribution is 7.23. The number of hydrogen-bond acceptors (Lipinski definition) is 3. The Kier molecular flexibility index (Phi) is 4.97. The van der Waals surface area contributed by atoms with E-state index in [0.717, 1.165) is 24.0 Å². The van der Waals surface area contributed by atoms with Crippen molar-refractivity contribution in [2.24, 2.45) is 0 Å². The van der Waals surface area contributed by atoms with Gasteiger partial charge in [-0.2, -0.15) is 0 Å². The van der Waals surface area contributed by atoms with E-state index in [1.165, 1.54) is 22.5 Å². The topological polar surface area (TPSA) is 65.1 Å². The number of nitrogens with one attached hydrogen (secondary N) is 2. The summed E-state index contributed by atoms with van der Waals surface area (Å²) in [5, 5.41) is 12.8. The summed E-state index contributed by atoms with van der Waals surface area (Å²) >= 11 is 13.5. The first kappa shape index (κ1) is 17.9. The minimum atomic E-state index is -0.146. The highest BCUT2D eigenvalue weighted by Crippen LogP contribution is 2.39. The Morgan fingerprint density at radius 3 is 2.92 bits per heavy atom. The quantitative estimate of drug-likeness (QED) is 0.570. The molecule has 1 amide bonds. The van der Waals surface area contributed by atoms with Crippen LogP contribution in [0.25, 0.3) is 10.2 Å². The minimum absolute atomic E-state index is 0.0202. The van der Waals surface area contributed by atoms with Crippen molar-refractivity contribution in [1.82, 2.24) is 10.3 Å². The highest BCUT2D eigenvalue weighted by Gasteiger charge is 2.33. The lowest BCUT2D eigenvalue weighted by Gasteiger charge is -2.21. The van der Waals surface area contributed by atoms with Gasteiger partial charge < -0.3 is 15.4 Å².